The SMILES string of the molecule is CN(CC(F)(F)F)S(=O)(=O)c1cc(CN)ccc1Br. The van der Waals surface area contributed by atoms with Gasteiger partial charge in [0.1, 0.15) is 6.54 Å². The van der Waals surface area contributed by atoms with Gasteiger partial charge in [-0.3, -0.25) is 0 Å². The third-order valence-electron chi connectivity index (χ3n) is 2.32. The lowest BCUT2D eigenvalue weighted by atomic mass is 10.2. The molecule has 108 valence electrons. The summed E-state index contributed by atoms with van der Waals surface area (Å²) in [6, 6.07) is 4.29. The Bertz CT molecular complexity index is 560. The Morgan fingerprint density at radius 1 is 1.37 bits per heavy atom. The normalized spacial score (nSPS) is 13.0. The number of halogens is 4. The number of benzene rings is 1. The fourth-order valence-electron chi connectivity index (χ4n) is 1.38. The van der Waals surface area contributed by atoms with Crippen LogP contribution < -0.4 is 5.73 Å². The molecule has 0 saturated heterocycles. The molecule has 2 N–H and O–H groups in total. The molecule has 0 fully saturated rings. The second-order valence-corrected chi connectivity index (χ2v) is 6.71. The monoisotopic (exact) mass is 360 g/mol. The maximum absolute atomic E-state index is 12.3. The van der Waals surface area contributed by atoms with Gasteiger partial charge in [-0.15, -0.1) is 0 Å². The molecule has 0 aliphatic heterocycles. The molecule has 4 nitrogen and oxygen atoms in total. The smallest absolute Gasteiger partial charge is 0.326 e. The van der Waals surface area contributed by atoms with Gasteiger partial charge in [0.05, 0.1) is 4.90 Å². The summed E-state index contributed by atoms with van der Waals surface area (Å²) >= 11 is 3.02. The van der Waals surface area contributed by atoms with Crippen LogP contribution in [0.3, 0.4) is 0 Å². The van der Waals surface area contributed by atoms with Crippen LogP contribution >= 0.6 is 15.9 Å². The Balaban J connectivity index is 3.20. The van der Waals surface area contributed by atoms with Gasteiger partial charge in [0, 0.05) is 18.1 Å². The van der Waals surface area contributed by atoms with Crippen molar-refractivity contribution in [3.05, 3.63) is 28.2 Å². The average Bonchev–Trinajstić information content (AvgIpc) is 2.27. The van der Waals surface area contributed by atoms with E-state index in [0.29, 0.717) is 5.56 Å². The largest absolute Gasteiger partial charge is 0.402 e. The van der Waals surface area contributed by atoms with Gasteiger partial charge in [-0.25, -0.2) is 8.42 Å². The van der Waals surface area contributed by atoms with E-state index in [0.717, 1.165) is 7.05 Å². The van der Waals surface area contributed by atoms with Crippen molar-refractivity contribution in [2.75, 3.05) is 13.6 Å². The summed E-state index contributed by atoms with van der Waals surface area (Å²) in [5.41, 5.74) is 5.90. The van der Waals surface area contributed by atoms with Gasteiger partial charge in [-0.2, -0.15) is 17.5 Å². The summed E-state index contributed by atoms with van der Waals surface area (Å²) in [6.07, 6.45) is -4.60. The lowest BCUT2D eigenvalue weighted by Crippen LogP contribution is -2.36. The highest BCUT2D eigenvalue weighted by atomic mass is 79.9. The number of nitrogens with zero attached hydrogens (tertiary/aromatic N) is 1. The predicted octanol–water partition coefficient (Wildman–Crippen LogP) is 2.09. The van der Waals surface area contributed by atoms with Gasteiger partial charge in [0.15, 0.2) is 0 Å². The minimum atomic E-state index is -4.60. The highest BCUT2D eigenvalue weighted by Crippen LogP contribution is 2.27. The standard InChI is InChI=1S/C10H12BrF3N2O2S/c1-16(6-10(12,13)14)19(17,18)9-4-7(5-15)2-3-8(9)11/h2-4H,5-6,15H2,1H3. The maximum atomic E-state index is 12.3. The van der Waals surface area contributed by atoms with E-state index >= 15 is 0 Å². The van der Waals surface area contributed by atoms with E-state index < -0.39 is 22.7 Å². The zero-order chi connectivity index (χ0) is 14.8. The molecule has 0 atom stereocenters. The molecule has 0 heterocycles. The molecule has 1 aromatic carbocycles. The summed E-state index contributed by atoms with van der Waals surface area (Å²) in [6.45, 7) is -1.45. The van der Waals surface area contributed by atoms with Crippen molar-refractivity contribution in [2.45, 2.75) is 17.6 Å². The molecular weight excluding hydrogens is 349 g/mol. The number of nitrogens with two attached hydrogens (primary N) is 1. The molecule has 0 bridgehead atoms. The van der Waals surface area contributed by atoms with Crippen molar-refractivity contribution in [3.63, 3.8) is 0 Å². The Morgan fingerprint density at radius 2 is 1.95 bits per heavy atom. The minimum absolute atomic E-state index is 0.0960. The zero-order valence-corrected chi connectivity index (χ0v) is 12.3. The van der Waals surface area contributed by atoms with Crippen LogP contribution in [-0.4, -0.2) is 32.5 Å². The molecule has 19 heavy (non-hydrogen) atoms. The maximum Gasteiger partial charge on any atom is 0.402 e. The van der Waals surface area contributed by atoms with Crippen LogP contribution in [0.15, 0.2) is 27.6 Å². The van der Waals surface area contributed by atoms with Crippen LogP contribution in [0.5, 0.6) is 0 Å². The first-order valence-corrected chi connectivity index (χ1v) is 7.33. The zero-order valence-electron chi connectivity index (χ0n) is 9.91. The topological polar surface area (TPSA) is 63.4 Å². The lowest BCUT2D eigenvalue weighted by molar-refractivity contribution is -0.134. The molecule has 0 radical (unpaired) electrons. The Kier molecular flexibility index (Phi) is 4.99. The number of alkyl halides is 3. The Hall–Kier alpha value is -0.640. The molecule has 0 saturated carbocycles. The summed E-state index contributed by atoms with van der Waals surface area (Å²) in [4.78, 5) is -0.234. The van der Waals surface area contributed by atoms with Crippen LogP contribution in [-0.2, 0) is 16.6 Å². The lowest BCUT2D eigenvalue weighted by Gasteiger charge is -2.19. The molecule has 0 aliphatic carbocycles. The van der Waals surface area contributed by atoms with Crippen LogP contribution in [0.4, 0.5) is 13.2 Å². The van der Waals surface area contributed by atoms with E-state index in [-0.39, 0.29) is 20.2 Å². The molecular formula is C10H12BrF3N2O2S. The van der Waals surface area contributed by atoms with E-state index in [9.17, 15) is 21.6 Å². The highest BCUT2D eigenvalue weighted by molar-refractivity contribution is 9.10. The predicted molar refractivity (Wildman–Crippen MR) is 67.9 cm³/mol. The van der Waals surface area contributed by atoms with Gasteiger partial charge >= 0.3 is 6.18 Å². The van der Waals surface area contributed by atoms with Crippen molar-refractivity contribution in [1.29, 1.82) is 0 Å². The first-order chi connectivity index (χ1) is 8.58. The van der Waals surface area contributed by atoms with E-state index in [2.05, 4.69) is 15.9 Å². The van der Waals surface area contributed by atoms with E-state index in [1.54, 1.807) is 6.07 Å². The van der Waals surface area contributed by atoms with Gasteiger partial charge in [0.2, 0.25) is 10.0 Å². The molecule has 1 aromatic rings. The van der Waals surface area contributed by atoms with Crippen LogP contribution in [0.25, 0.3) is 0 Å². The molecule has 1 rings (SSSR count). The number of hydrogen-bond donors (Lipinski definition) is 1. The Labute approximate surface area is 117 Å². The van der Waals surface area contributed by atoms with Crippen LogP contribution in [0.2, 0.25) is 0 Å². The van der Waals surface area contributed by atoms with Gasteiger partial charge in [-0.05, 0) is 33.6 Å². The molecule has 0 aliphatic rings. The Morgan fingerprint density at radius 3 is 2.42 bits per heavy atom. The number of hydrogen-bond acceptors (Lipinski definition) is 3. The second-order valence-electron chi connectivity index (χ2n) is 3.85. The highest BCUT2D eigenvalue weighted by Gasteiger charge is 2.35. The summed E-state index contributed by atoms with van der Waals surface area (Å²) in [5, 5.41) is 0. The van der Waals surface area contributed by atoms with Crippen molar-refractivity contribution < 1.29 is 21.6 Å². The number of rotatable bonds is 4. The van der Waals surface area contributed by atoms with Crippen molar-refractivity contribution >= 4 is 26.0 Å². The van der Waals surface area contributed by atoms with Crippen LogP contribution in [0.1, 0.15) is 5.56 Å². The first-order valence-electron chi connectivity index (χ1n) is 5.09. The van der Waals surface area contributed by atoms with E-state index in [4.69, 9.17) is 5.73 Å². The summed E-state index contributed by atoms with van der Waals surface area (Å²) < 4.78 is 61.3. The van der Waals surface area contributed by atoms with Gasteiger partial charge in [-0.1, -0.05) is 6.07 Å². The fraction of sp³-hybridized carbons (Fsp3) is 0.400. The summed E-state index contributed by atoms with van der Waals surface area (Å²) in [7, 11) is -3.35. The molecule has 0 aromatic heterocycles. The van der Waals surface area contributed by atoms with Gasteiger partial charge < -0.3 is 5.73 Å². The molecule has 9 heteroatoms. The fourth-order valence-corrected chi connectivity index (χ4v) is 3.50. The van der Waals surface area contributed by atoms with Crippen LogP contribution in [0, 0.1) is 0 Å². The number of sulfonamides is 1. The average molecular weight is 361 g/mol. The van der Waals surface area contributed by atoms with Crippen molar-refractivity contribution in [2.24, 2.45) is 5.73 Å². The van der Waals surface area contributed by atoms with E-state index in [1.807, 2.05) is 0 Å². The third kappa shape index (κ3) is 4.16. The molecule has 0 spiro atoms. The quantitative estimate of drug-likeness (QED) is 0.893. The third-order valence-corrected chi connectivity index (χ3v) is 5.12. The van der Waals surface area contributed by atoms with Crippen molar-refractivity contribution in [1.82, 2.24) is 4.31 Å². The van der Waals surface area contributed by atoms with Gasteiger partial charge in [0.25, 0.3) is 0 Å². The first kappa shape index (κ1) is 16.4. The minimum Gasteiger partial charge on any atom is -0.326 e. The molecule has 0 amide bonds. The van der Waals surface area contributed by atoms with Crippen molar-refractivity contribution in [3.8, 4) is 0 Å². The van der Waals surface area contributed by atoms with E-state index in [1.165, 1.54) is 12.1 Å². The second kappa shape index (κ2) is 5.78. The summed E-state index contributed by atoms with van der Waals surface area (Å²) in [5.74, 6) is 0. The molecule has 0 unspecified atom stereocenters.